The zero-order valence-corrected chi connectivity index (χ0v) is 13.5. The third-order valence-electron chi connectivity index (χ3n) is 3.06. The summed E-state index contributed by atoms with van der Waals surface area (Å²) in [5.41, 5.74) is 1.09. The molecular weight excluding hydrogens is 311 g/mol. The lowest BCUT2D eigenvalue weighted by molar-refractivity contribution is 0.0694. The molecule has 1 N–H and O–H groups in total. The van der Waals surface area contributed by atoms with Gasteiger partial charge in [-0.1, -0.05) is 56.1 Å². The number of nitrogens with zero attached hydrogens (tertiary/aromatic N) is 2. The van der Waals surface area contributed by atoms with E-state index in [1.54, 1.807) is 12.1 Å². The predicted molar refractivity (Wildman–Crippen MR) is 83.5 cm³/mol. The zero-order chi connectivity index (χ0) is 15.8. The number of hydrogen-bond donors (Lipinski definition) is 1. The molecule has 0 unspecified atom stereocenters. The first kappa shape index (κ1) is 15.9. The number of halogens is 2. The van der Waals surface area contributed by atoms with Crippen LogP contribution in [0.3, 0.4) is 0 Å². The Balaban J connectivity index is 2.45. The maximum atomic E-state index is 11.4. The van der Waals surface area contributed by atoms with E-state index in [0.29, 0.717) is 17.3 Å². The molecular formula is C15H16Cl2N2O2. The fourth-order valence-electron chi connectivity index (χ4n) is 2.02. The molecule has 1 heterocycles. The van der Waals surface area contributed by atoms with Crippen molar-refractivity contribution in [2.24, 2.45) is 0 Å². The van der Waals surface area contributed by atoms with Gasteiger partial charge in [-0.2, -0.15) is 5.10 Å². The van der Waals surface area contributed by atoms with Gasteiger partial charge >= 0.3 is 5.97 Å². The van der Waals surface area contributed by atoms with Crippen molar-refractivity contribution in [2.45, 2.75) is 32.7 Å². The molecule has 0 fully saturated rings. The summed E-state index contributed by atoms with van der Waals surface area (Å²) < 4.78 is 1.51. The maximum absolute atomic E-state index is 11.4. The number of hydrogen-bond acceptors (Lipinski definition) is 2. The van der Waals surface area contributed by atoms with E-state index in [9.17, 15) is 9.90 Å². The van der Waals surface area contributed by atoms with E-state index in [2.05, 4.69) is 5.10 Å². The monoisotopic (exact) mass is 326 g/mol. The second kappa shape index (κ2) is 5.70. The van der Waals surface area contributed by atoms with Gasteiger partial charge in [-0.25, -0.2) is 9.48 Å². The lowest BCUT2D eigenvalue weighted by atomic mass is 9.89. The quantitative estimate of drug-likeness (QED) is 0.918. The summed E-state index contributed by atoms with van der Waals surface area (Å²) >= 11 is 12.1. The number of benzene rings is 1. The summed E-state index contributed by atoms with van der Waals surface area (Å²) in [6.07, 6.45) is 0. The van der Waals surface area contributed by atoms with Crippen molar-refractivity contribution in [2.75, 3.05) is 0 Å². The average molecular weight is 327 g/mol. The van der Waals surface area contributed by atoms with Crippen LogP contribution in [0.5, 0.6) is 0 Å². The minimum absolute atomic E-state index is 0.0677. The molecule has 2 rings (SSSR count). The van der Waals surface area contributed by atoms with Gasteiger partial charge in [-0.3, -0.25) is 0 Å². The zero-order valence-electron chi connectivity index (χ0n) is 12.0. The van der Waals surface area contributed by atoms with E-state index in [-0.39, 0.29) is 10.7 Å². The fraction of sp³-hybridized carbons (Fsp3) is 0.333. The normalized spacial score (nSPS) is 11.7. The highest BCUT2D eigenvalue weighted by atomic mass is 35.5. The average Bonchev–Trinajstić information content (AvgIpc) is 2.70. The van der Waals surface area contributed by atoms with E-state index < -0.39 is 11.4 Å². The number of carboxylic acids is 1. The lowest BCUT2D eigenvalue weighted by Gasteiger charge is -2.15. The summed E-state index contributed by atoms with van der Waals surface area (Å²) in [6.45, 7) is 6.12. The molecule has 0 radical (unpaired) electrons. The molecule has 0 bridgehead atoms. The molecule has 0 aliphatic rings. The largest absolute Gasteiger partial charge is 0.478 e. The van der Waals surface area contributed by atoms with Gasteiger partial charge in [-0.05, 0) is 17.7 Å². The van der Waals surface area contributed by atoms with Crippen molar-refractivity contribution in [3.63, 3.8) is 0 Å². The first-order valence-corrected chi connectivity index (χ1v) is 7.20. The van der Waals surface area contributed by atoms with Crippen LogP contribution in [-0.4, -0.2) is 20.9 Å². The van der Waals surface area contributed by atoms with Crippen LogP contribution in [0.15, 0.2) is 24.3 Å². The highest BCUT2D eigenvalue weighted by molar-refractivity contribution is 6.32. The molecule has 1 aromatic heterocycles. The van der Waals surface area contributed by atoms with E-state index in [1.165, 1.54) is 4.68 Å². The number of carboxylic acid groups (broad SMARTS) is 1. The molecule has 0 atom stereocenters. The van der Waals surface area contributed by atoms with Crippen LogP contribution in [0.4, 0.5) is 0 Å². The molecule has 0 saturated carbocycles. The number of aromatic nitrogens is 2. The molecule has 112 valence electrons. The Labute approximate surface area is 133 Å². The van der Waals surface area contributed by atoms with Crippen molar-refractivity contribution < 1.29 is 9.90 Å². The van der Waals surface area contributed by atoms with Crippen molar-refractivity contribution >= 4 is 29.2 Å². The number of rotatable bonds is 3. The standard InChI is InChI=1S/C15H16Cl2N2O2/c1-15(2,3)12-11(14(20)21)13(17)19(18-12)8-9-4-6-10(16)7-5-9/h4-7H,8H2,1-3H3,(H,20,21). The molecule has 0 aliphatic carbocycles. The minimum Gasteiger partial charge on any atom is -0.478 e. The Morgan fingerprint density at radius 1 is 1.24 bits per heavy atom. The summed E-state index contributed by atoms with van der Waals surface area (Å²) in [7, 11) is 0. The van der Waals surface area contributed by atoms with E-state index in [0.717, 1.165) is 5.56 Å². The third-order valence-corrected chi connectivity index (χ3v) is 3.70. The Kier molecular flexibility index (Phi) is 4.30. The van der Waals surface area contributed by atoms with Gasteiger partial charge in [0, 0.05) is 10.4 Å². The molecule has 21 heavy (non-hydrogen) atoms. The van der Waals surface area contributed by atoms with Crippen LogP contribution in [0, 0.1) is 0 Å². The van der Waals surface area contributed by atoms with Gasteiger partial charge in [0.25, 0.3) is 0 Å². The summed E-state index contributed by atoms with van der Waals surface area (Å²) in [5, 5.41) is 14.5. The van der Waals surface area contributed by atoms with Crippen molar-refractivity contribution in [1.82, 2.24) is 9.78 Å². The Bertz CT molecular complexity index is 670. The molecule has 0 amide bonds. The van der Waals surface area contributed by atoms with Gasteiger partial charge in [0.05, 0.1) is 12.2 Å². The Morgan fingerprint density at radius 2 is 1.81 bits per heavy atom. The third kappa shape index (κ3) is 3.39. The second-order valence-electron chi connectivity index (χ2n) is 5.85. The van der Waals surface area contributed by atoms with Crippen LogP contribution >= 0.6 is 23.2 Å². The molecule has 0 aliphatic heterocycles. The second-order valence-corrected chi connectivity index (χ2v) is 6.65. The van der Waals surface area contributed by atoms with Crippen LogP contribution in [-0.2, 0) is 12.0 Å². The van der Waals surface area contributed by atoms with E-state index in [1.807, 2.05) is 32.9 Å². The van der Waals surface area contributed by atoms with Crippen molar-refractivity contribution in [3.05, 3.63) is 51.3 Å². The van der Waals surface area contributed by atoms with Crippen molar-refractivity contribution in [3.8, 4) is 0 Å². The van der Waals surface area contributed by atoms with Gasteiger partial charge in [-0.15, -0.1) is 0 Å². The lowest BCUT2D eigenvalue weighted by Crippen LogP contribution is -2.17. The molecule has 4 nitrogen and oxygen atoms in total. The first-order valence-electron chi connectivity index (χ1n) is 6.44. The summed E-state index contributed by atoms with van der Waals surface area (Å²) in [4.78, 5) is 11.4. The summed E-state index contributed by atoms with van der Waals surface area (Å²) in [6, 6.07) is 7.27. The molecule has 2 aromatic rings. The first-order chi connectivity index (χ1) is 9.70. The Morgan fingerprint density at radius 3 is 2.24 bits per heavy atom. The smallest absolute Gasteiger partial charge is 0.340 e. The molecule has 0 spiro atoms. The predicted octanol–water partition coefficient (Wildman–Crippen LogP) is 4.23. The Hall–Kier alpha value is -1.52. The van der Waals surface area contributed by atoms with Crippen LogP contribution < -0.4 is 0 Å². The van der Waals surface area contributed by atoms with Crippen LogP contribution in [0.1, 0.15) is 42.4 Å². The van der Waals surface area contributed by atoms with Gasteiger partial charge in [0.2, 0.25) is 0 Å². The minimum atomic E-state index is -1.06. The van der Waals surface area contributed by atoms with Gasteiger partial charge < -0.3 is 5.11 Å². The molecule has 0 saturated heterocycles. The van der Waals surface area contributed by atoms with E-state index in [4.69, 9.17) is 23.2 Å². The number of aromatic carboxylic acids is 1. The van der Waals surface area contributed by atoms with Gasteiger partial charge in [0.1, 0.15) is 10.7 Å². The SMILES string of the molecule is CC(C)(C)c1nn(Cc2ccc(Cl)cc2)c(Cl)c1C(=O)O. The molecule has 6 heteroatoms. The molecule has 1 aromatic carbocycles. The summed E-state index contributed by atoms with van der Waals surface area (Å²) in [5.74, 6) is -1.06. The number of carbonyl (C=O) groups is 1. The fourth-order valence-corrected chi connectivity index (χ4v) is 2.42. The van der Waals surface area contributed by atoms with Crippen LogP contribution in [0.2, 0.25) is 10.2 Å². The van der Waals surface area contributed by atoms with Crippen molar-refractivity contribution in [1.29, 1.82) is 0 Å². The highest BCUT2D eigenvalue weighted by Crippen LogP contribution is 2.30. The van der Waals surface area contributed by atoms with Crippen LogP contribution in [0.25, 0.3) is 0 Å². The van der Waals surface area contributed by atoms with Gasteiger partial charge in [0.15, 0.2) is 0 Å². The topological polar surface area (TPSA) is 55.1 Å². The highest BCUT2D eigenvalue weighted by Gasteiger charge is 2.29. The van der Waals surface area contributed by atoms with E-state index >= 15 is 0 Å². The maximum Gasteiger partial charge on any atom is 0.340 e.